The Bertz CT molecular complexity index is 318. The van der Waals surface area contributed by atoms with Gasteiger partial charge in [-0.3, -0.25) is 0 Å². The van der Waals surface area contributed by atoms with E-state index in [-0.39, 0.29) is 0 Å². The smallest absolute Gasteiger partial charge is 0.0122 e. The summed E-state index contributed by atoms with van der Waals surface area (Å²) in [6.07, 6.45) is 8.36. The van der Waals surface area contributed by atoms with Crippen LogP contribution in [0.2, 0.25) is 0 Å². The van der Waals surface area contributed by atoms with E-state index in [1.54, 1.807) is 0 Å². The Morgan fingerprint density at radius 1 is 0.950 bits per heavy atom. The van der Waals surface area contributed by atoms with Crippen molar-refractivity contribution in [1.29, 1.82) is 0 Å². The van der Waals surface area contributed by atoms with Crippen molar-refractivity contribution in [3.8, 4) is 0 Å². The second kappa shape index (κ2) is 5.94. The second-order valence-corrected chi connectivity index (χ2v) is 7.85. The third-order valence-corrected chi connectivity index (χ3v) is 6.40. The fourth-order valence-corrected chi connectivity index (χ4v) is 4.83. The summed E-state index contributed by atoms with van der Waals surface area (Å²) in [4.78, 5) is 5.19. The highest BCUT2D eigenvalue weighted by atomic mass is 15.2. The van der Waals surface area contributed by atoms with E-state index in [0.29, 0.717) is 0 Å². The molecule has 20 heavy (non-hydrogen) atoms. The Morgan fingerprint density at radius 3 is 2.25 bits per heavy atom. The van der Waals surface area contributed by atoms with Gasteiger partial charge in [0.1, 0.15) is 0 Å². The van der Waals surface area contributed by atoms with Gasteiger partial charge in [0.05, 0.1) is 0 Å². The van der Waals surface area contributed by atoms with E-state index in [9.17, 15) is 0 Å². The van der Waals surface area contributed by atoms with Gasteiger partial charge in [0, 0.05) is 36.8 Å². The molecule has 3 nitrogen and oxygen atoms in total. The van der Waals surface area contributed by atoms with Gasteiger partial charge in [0.25, 0.3) is 0 Å². The first-order chi connectivity index (χ1) is 9.54. The summed E-state index contributed by atoms with van der Waals surface area (Å²) < 4.78 is 0. The first-order valence-corrected chi connectivity index (χ1v) is 8.72. The number of hydrogen-bond donors (Lipinski definition) is 1. The summed E-state index contributed by atoms with van der Waals surface area (Å²) in [5.74, 6) is 0.788. The molecule has 0 aromatic heterocycles. The molecule has 0 radical (unpaired) electrons. The maximum absolute atomic E-state index is 4.05. The van der Waals surface area contributed by atoms with Crippen LogP contribution >= 0.6 is 0 Å². The van der Waals surface area contributed by atoms with E-state index >= 15 is 0 Å². The largest absolute Gasteiger partial charge is 0.311 e. The van der Waals surface area contributed by atoms with Crippen LogP contribution in [0.15, 0.2) is 0 Å². The molecule has 3 rings (SSSR count). The van der Waals surface area contributed by atoms with Crippen LogP contribution in [0.5, 0.6) is 0 Å². The zero-order chi connectivity index (χ0) is 14.3. The lowest BCUT2D eigenvalue weighted by molar-refractivity contribution is 0.0357. The molecule has 1 N–H and O–H groups in total. The van der Waals surface area contributed by atoms with Crippen molar-refractivity contribution in [3.63, 3.8) is 0 Å². The zero-order valence-corrected chi connectivity index (χ0v) is 13.8. The molecule has 0 aromatic carbocycles. The molecule has 0 aromatic rings. The maximum Gasteiger partial charge on any atom is 0.0122 e. The highest BCUT2D eigenvalue weighted by Crippen LogP contribution is 2.33. The molecule has 3 heterocycles. The van der Waals surface area contributed by atoms with Crippen LogP contribution in [0.3, 0.4) is 0 Å². The molecule has 0 saturated carbocycles. The summed E-state index contributed by atoms with van der Waals surface area (Å²) in [7, 11) is 4.63. The number of rotatable bonds is 2. The molecular formula is C17H33N3. The lowest BCUT2D eigenvalue weighted by Gasteiger charge is -2.49. The third kappa shape index (κ3) is 2.90. The van der Waals surface area contributed by atoms with Gasteiger partial charge in [-0.15, -0.1) is 0 Å². The SMILES string of the molecule is CC1CN(C)C(C)CC1NC1CC2CCCC(C1)N2C. The quantitative estimate of drug-likeness (QED) is 0.837. The van der Waals surface area contributed by atoms with E-state index in [1.807, 2.05) is 0 Å². The second-order valence-electron chi connectivity index (χ2n) is 7.85. The van der Waals surface area contributed by atoms with Gasteiger partial charge in [-0.2, -0.15) is 0 Å². The van der Waals surface area contributed by atoms with Gasteiger partial charge in [-0.1, -0.05) is 13.3 Å². The van der Waals surface area contributed by atoms with Gasteiger partial charge in [0.15, 0.2) is 0 Å². The van der Waals surface area contributed by atoms with Crippen LogP contribution in [0.1, 0.15) is 52.4 Å². The van der Waals surface area contributed by atoms with Crippen molar-refractivity contribution in [2.45, 2.75) is 82.6 Å². The van der Waals surface area contributed by atoms with E-state index in [4.69, 9.17) is 0 Å². The van der Waals surface area contributed by atoms with Crippen molar-refractivity contribution >= 4 is 0 Å². The molecular weight excluding hydrogens is 246 g/mol. The molecule has 3 heteroatoms. The van der Waals surface area contributed by atoms with Crippen LogP contribution in [0.25, 0.3) is 0 Å². The lowest BCUT2D eigenvalue weighted by atomic mass is 9.81. The normalized spacial score (nSPS) is 47.4. The third-order valence-electron chi connectivity index (χ3n) is 6.40. The summed E-state index contributed by atoms with van der Waals surface area (Å²) >= 11 is 0. The summed E-state index contributed by atoms with van der Waals surface area (Å²) in [5.41, 5.74) is 0. The summed E-state index contributed by atoms with van der Waals surface area (Å²) in [6, 6.07) is 3.92. The molecule has 0 aliphatic carbocycles. The lowest BCUT2D eigenvalue weighted by Crippen LogP contribution is -2.59. The summed E-state index contributed by atoms with van der Waals surface area (Å²) in [6.45, 7) is 6.05. The minimum Gasteiger partial charge on any atom is -0.311 e. The molecule has 3 aliphatic rings. The summed E-state index contributed by atoms with van der Waals surface area (Å²) in [5, 5.41) is 4.05. The van der Waals surface area contributed by atoms with Crippen molar-refractivity contribution < 1.29 is 0 Å². The predicted octanol–water partition coefficient (Wildman–Crippen LogP) is 2.32. The van der Waals surface area contributed by atoms with E-state index in [2.05, 4.69) is 43.1 Å². The number of piperidine rings is 3. The van der Waals surface area contributed by atoms with E-state index in [1.165, 1.54) is 45.1 Å². The fourth-order valence-electron chi connectivity index (χ4n) is 4.83. The molecule has 5 atom stereocenters. The first-order valence-electron chi connectivity index (χ1n) is 8.72. The Morgan fingerprint density at radius 2 is 1.60 bits per heavy atom. The highest BCUT2D eigenvalue weighted by Gasteiger charge is 2.38. The molecule has 3 saturated heterocycles. The van der Waals surface area contributed by atoms with Gasteiger partial charge in [0.2, 0.25) is 0 Å². The van der Waals surface area contributed by atoms with E-state index in [0.717, 1.165) is 36.1 Å². The Labute approximate surface area is 125 Å². The topological polar surface area (TPSA) is 18.5 Å². The number of fused-ring (bicyclic) bond motifs is 2. The van der Waals surface area contributed by atoms with Crippen molar-refractivity contribution in [2.24, 2.45) is 5.92 Å². The highest BCUT2D eigenvalue weighted by molar-refractivity contribution is 4.96. The van der Waals surface area contributed by atoms with Crippen molar-refractivity contribution in [2.75, 3.05) is 20.6 Å². The van der Waals surface area contributed by atoms with E-state index < -0.39 is 0 Å². The fraction of sp³-hybridized carbons (Fsp3) is 1.00. The van der Waals surface area contributed by atoms with Gasteiger partial charge >= 0.3 is 0 Å². The van der Waals surface area contributed by atoms with Crippen LogP contribution in [-0.2, 0) is 0 Å². The predicted molar refractivity (Wildman–Crippen MR) is 85.0 cm³/mol. The minimum absolute atomic E-state index is 0.731. The average molecular weight is 279 g/mol. The standard InChI is InChI=1S/C17H33N3/c1-12-11-19(3)13(2)8-17(12)18-14-9-15-6-5-7-16(10-14)20(15)4/h12-18H,5-11H2,1-4H3. The number of hydrogen-bond acceptors (Lipinski definition) is 3. The van der Waals surface area contributed by atoms with Gasteiger partial charge in [-0.25, -0.2) is 0 Å². The first kappa shape index (κ1) is 14.8. The monoisotopic (exact) mass is 279 g/mol. The van der Waals surface area contributed by atoms with Crippen LogP contribution in [0.4, 0.5) is 0 Å². The molecule has 3 aliphatic heterocycles. The van der Waals surface area contributed by atoms with Crippen molar-refractivity contribution in [3.05, 3.63) is 0 Å². The van der Waals surface area contributed by atoms with Gasteiger partial charge < -0.3 is 15.1 Å². The van der Waals surface area contributed by atoms with Crippen LogP contribution in [-0.4, -0.2) is 60.6 Å². The number of nitrogens with zero attached hydrogens (tertiary/aromatic N) is 2. The maximum atomic E-state index is 4.05. The number of likely N-dealkylation sites (tertiary alicyclic amines) is 1. The minimum atomic E-state index is 0.731. The average Bonchev–Trinajstić information content (AvgIpc) is 2.37. The molecule has 0 spiro atoms. The molecule has 3 fully saturated rings. The molecule has 5 unspecified atom stereocenters. The number of nitrogens with one attached hydrogen (secondary N) is 1. The Hall–Kier alpha value is -0.120. The van der Waals surface area contributed by atoms with Crippen LogP contribution < -0.4 is 5.32 Å². The Kier molecular flexibility index (Phi) is 4.40. The van der Waals surface area contributed by atoms with Crippen LogP contribution in [0, 0.1) is 5.92 Å². The van der Waals surface area contributed by atoms with Gasteiger partial charge in [-0.05, 0) is 59.0 Å². The zero-order valence-electron chi connectivity index (χ0n) is 13.8. The molecule has 2 bridgehead atoms. The van der Waals surface area contributed by atoms with Crippen molar-refractivity contribution in [1.82, 2.24) is 15.1 Å². The molecule has 116 valence electrons. The Balaban J connectivity index is 1.58. The molecule has 0 amide bonds.